The Morgan fingerprint density at radius 3 is 2.55 bits per heavy atom. The van der Waals surface area contributed by atoms with Crippen molar-refractivity contribution in [1.29, 1.82) is 0 Å². The van der Waals surface area contributed by atoms with Gasteiger partial charge in [0.2, 0.25) is 5.91 Å². The monoisotopic (exact) mass is 309 g/mol. The Balaban J connectivity index is 2.50. The topological polar surface area (TPSA) is 114 Å². The van der Waals surface area contributed by atoms with Crippen molar-refractivity contribution >= 4 is 17.6 Å². The molecule has 7 nitrogen and oxygen atoms in total. The summed E-state index contributed by atoms with van der Waals surface area (Å²) < 4.78 is 5.31. The van der Waals surface area contributed by atoms with E-state index in [0.29, 0.717) is 37.6 Å². The van der Waals surface area contributed by atoms with E-state index in [9.17, 15) is 9.59 Å². The molecule has 0 fully saturated rings. The van der Waals surface area contributed by atoms with Crippen LogP contribution in [0.25, 0.3) is 0 Å². The van der Waals surface area contributed by atoms with E-state index in [1.807, 2.05) is 6.92 Å². The molecule has 0 aliphatic heterocycles. The Morgan fingerprint density at radius 1 is 1.32 bits per heavy atom. The second-order valence-corrected chi connectivity index (χ2v) is 4.70. The van der Waals surface area contributed by atoms with Crippen molar-refractivity contribution < 1.29 is 19.4 Å². The number of carboxylic acids is 1. The molecule has 0 aliphatic carbocycles. The fourth-order valence-electron chi connectivity index (χ4n) is 1.82. The average Bonchev–Trinajstić information content (AvgIpc) is 2.48. The number of hydrogen-bond donors (Lipinski definition) is 4. The Kier molecular flexibility index (Phi) is 7.95. The molecule has 1 amide bonds. The molecule has 0 saturated carbocycles. The summed E-state index contributed by atoms with van der Waals surface area (Å²) in [6.45, 7) is 3.39. The molecule has 1 rings (SSSR count). The zero-order valence-corrected chi connectivity index (χ0v) is 12.7. The van der Waals surface area contributed by atoms with Crippen LogP contribution in [0.3, 0.4) is 0 Å². The maximum atomic E-state index is 11.9. The fraction of sp³-hybridized carbons (Fsp3) is 0.467. The van der Waals surface area contributed by atoms with Crippen molar-refractivity contribution in [3.8, 4) is 5.75 Å². The molecule has 1 atom stereocenters. The zero-order chi connectivity index (χ0) is 16.4. The van der Waals surface area contributed by atoms with E-state index >= 15 is 0 Å². The molecule has 1 aromatic carbocycles. The molecular formula is C15H23N3O4. The minimum absolute atomic E-state index is 0.146. The van der Waals surface area contributed by atoms with Crippen molar-refractivity contribution in [2.75, 3.05) is 25.0 Å². The average molecular weight is 309 g/mol. The molecule has 7 heteroatoms. The number of carbonyl (C=O) groups excluding carboxylic acids is 1. The third-order valence-corrected chi connectivity index (χ3v) is 2.91. The second kappa shape index (κ2) is 9.75. The predicted molar refractivity (Wildman–Crippen MR) is 84.0 cm³/mol. The molecule has 0 unspecified atom stereocenters. The van der Waals surface area contributed by atoms with Gasteiger partial charge in [-0.2, -0.15) is 0 Å². The van der Waals surface area contributed by atoms with Gasteiger partial charge in [0, 0.05) is 5.69 Å². The lowest BCUT2D eigenvalue weighted by molar-refractivity contribution is -0.141. The van der Waals surface area contributed by atoms with Gasteiger partial charge >= 0.3 is 5.97 Å². The first-order valence-corrected chi connectivity index (χ1v) is 7.25. The van der Waals surface area contributed by atoms with Crippen LogP contribution < -0.4 is 21.1 Å². The van der Waals surface area contributed by atoms with E-state index in [4.69, 9.17) is 15.6 Å². The largest absolute Gasteiger partial charge is 0.494 e. The molecular weight excluding hydrogens is 286 g/mol. The summed E-state index contributed by atoms with van der Waals surface area (Å²) in [6.07, 6.45) is 0.511. The molecule has 22 heavy (non-hydrogen) atoms. The van der Waals surface area contributed by atoms with Crippen LogP contribution >= 0.6 is 0 Å². The van der Waals surface area contributed by atoms with Crippen LogP contribution in [-0.4, -0.2) is 42.7 Å². The first-order chi connectivity index (χ1) is 10.6. The standard InChI is InChI=1S/C15H23N3O4/c1-2-22-12-6-4-11(5-7-12)18-14(19)10-13(15(20)21)17-9-3-8-16/h4-7,13,17H,2-3,8-10,16H2,1H3,(H,18,19)(H,20,21)/t13-/m1/s1. The summed E-state index contributed by atoms with van der Waals surface area (Å²) in [5, 5.41) is 14.6. The van der Waals surface area contributed by atoms with Gasteiger partial charge in [-0.25, -0.2) is 0 Å². The number of benzene rings is 1. The van der Waals surface area contributed by atoms with Crippen LogP contribution in [0, 0.1) is 0 Å². The van der Waals surface area contributed by atoms with Gasteiger partial charge in [0.15, 0.2) is 0 Å². The highest BCUT2D eigenvalue weighted by Crippen LogP contribution is 2.15. The number of carbonyl (C=O) groups is 2. The van der Waals surface area contributed by atoms with Gasteiger partial charge < -0.3 is 26.2 Å². The maximum absolute atomic E-state index is 11.9. The Morgan fingerprint density at radius 2 is 2.00 bits per heavy atom. The van der Waals surface area contributed by atoms with E-state index in [-0.39, 0.29) is 12.3 Å². The number of aliphatic carboxylic acids is 1. The number of carboxylic acid groups (broad SMARTS) is 1. The lowest BCUT2D eigenvalue weighted by Crippen LogP contribution is -2.40. The van der Waals surface area contributed by atoms with Gasteiger partial charge in [-0.1, -0.05) is 0 Å². The van der Waals surface area contributed by atoms with E-state index in [0.717, 1.165) is 0 Å². The highest BCUT2D eigenvalue weighted by Gasteiger charge is 2.20. The summed E-state index contributed by atoms with van der Waals surface area (Å²) in [6, 6.07) is 5.98. The summed E-state index contributed by atoms with van der Waals surface area (Å²) >= 11 is 0. The molecule has 0 spiro atoms. The van der Waals surface area contributed by atoms with E-state index < -0.39 is 12.0 Å². The van der Waals surface area contributed by atoms with Crippen molar-refractivity contribution in [3.63, 3.8) is 0 Å². The number of anilines is 1. The molecule has 5 N–H and O–H groups in total. The third kappa shape index (κ3) is 6.55. The van der Waals surface area contributed by atoms with Crippen molar-refractivity contribution in [3.05, 3.63) is 24.3 Å². The minimum atomic E-state index is -1.06. The summed E-state index contributed by atoms with van der Waals surface area (Å²) in [5.41, 5.74) is 5.95. The van der Waals surface area contributed by atoms with Crippen molar-refractivity contribution in [2.24, 2.45) is 5.73 Å². The first-order valence-electron chi connectivity index (χ1n) is 7.25. The van der Waals surface area contributed by atoms with Crippen LogP contribution in [0.2, 0.25) is 0 Å². The highest BCUT2D eigenvalue weighted by molar-refractivity contribution is 5.94. The summed E-state index contributed by atoms with van der Waals surface area (Å²) in [5.74, 6) is -0.706. The maximum Gasteiger partial charge on any atom is 0.321 e. The number of rotatable bonds is 10. The van der Waals surface area contributed by atoms with Gasteiger partial charge in [0.05, 0.1) is 13.0 Å². The normalized spacial score (nSPS) is 11.7. The Hall–Kier alpha value is -2.12. The summed E-state index contributed by atoms with van der Waals surface area (Å²) in [4.78, 5) is 23.0. The van der Waals surface area contributed by atoms with Crippen LogP contribution in [0.15, 0.2) is 24.3 Å². The third-order valence-electron chi connectivity index (χ3n) is 2.91. The highest BCUT2D eigenvalue weighted by atomic mass is 16.5. The molecule has 122 valence electrons. The SMILES string of the molecule is CCOc1ccc(NC(=O)C[C@@H](NCCCN)C(=O)O)cc1. The Labute approximate surface area is 129 Å². The van der Waals surface area contributed by atoms with Gasteiger partial charge in [0.25, 0.3) is 0 Å². The number of nitrogens with one attached hydrogen (secondary N) is 2. The predicted octanol–water partition coefficient (Wildman–Crippen LogP) is 0.806. The number of nitrogens with two attached hydrogens (primary N) is 1. The van der Waals surface area contributed by atoms with Gasteiger partial charge in [0.1, 0.15) is 11.8 Å². The van der Waals surface area contributed by atoms with E-state index in [1.54, 1.807) is 24.3 Å². The fourth-order valence-corrected chi connectivity index (χ4v) is 1.82. The van der Waals surface area contributed by atoms with E-state index in [2.05, 4.69) is 10.6 Å². The smallest absolute Gasteiger partial charge is 0.321 e. The molecule has 0 aliphatic rings. The molecule has 0 aromatic heterocycles. The Bertz CT molecular complexity index is 476. The second-order valence-electron chi connectivity index (χ2n) is 4.70. The zero-order valence-electron chi connectivity index (χ0n) is 12.7. The van der Waals surface area contributed by atoms with Crippen molar-refractivity contribution in [2.45, 2.75) is 25.8 Å². The lowest BCUT2D eigenvalue weighted by Gasteiger charge is -2.14. The summed E-state index contributed by atoms with van der Waals surface area (Å²) in [7, 11) is 0. The van der Waals surface area contributed by atoms with Crippen LogP contribution in [0.1, 0.15) is 19.8 Å². The number of amides is 1. The first kappa shape index (κ1) is 17.9. The molecule has 0 radical (unpaired) electrons. The van der Waals surface area contributed by atoms with Gasteiger partial charge in [-0.15, -0.1) is 0 Å². The van der Waals surface area contributed by atoms with E-state index in [1.165, 1.54) is 0 Å². The lowest BCUT2D eigenvalue weighted by atomic mass is 10.2. The molecule has 0 bridgehead atoms. The van der Waals surface area contributed by atoms with Gasteiger partial charge in [-0.3, -0.25) is 9.59 Å². The molecule has 1 aromatic rings. The van der Waals surface area contributed by atoms with Crippen LogP contribution in [0.5, 0.6) is 5.75 Å². The molecule has 0 heterocycles. The number of hydrogen-bond acceptors (Lipinski definition) is 5. The molecule has 0 saturated heterocycles. The minimum Gasteiger partial charge on any atom is -0.494 e. The quantitative estimate of drug-likeness (QED) is 0.476. The van der Waals surface area contributed by atoms with Crippen LogP contribution in [0.4, 0.5) is 5.69 Å². The van der Waals surface area contributed by atoms with Crippen molar-refractivity contribution in [1.82, 2.24) is 5.32 Å². The number of ether oxygens (including phenoxy) is 1. The van der Waals surface area contributed by atoms with Crippen LogP contribution in [-0.2, 0) is 9.59 Å². The van der Waals surface area contributed by atoms with Gasteiger partial charge in [-0.05, 0) is 50.7 Å².